The average Bonchev–Trinajstić information content (AvgIpc) is 2.50. The summed E-state index contributed by atoms with van der Waals surface area (Å²) in [5.41, 5.74) is 6.72. The number of methoxy groups -OCH3 is 1. The molecule has 120 valence electrons. The van der Waals surface area contributed by atoms with Crippen molar-refractivity contribution in [1.29, 1.82) is 0 Å². The molecule has 5 nitrogen and oxygen atoms in total. The normalized spacial score (nSPS) is 10.6. The summed E-state index contributed by atoms with van der Waals surface area (Å²) >= 11 is 5.20. The Morgan fingerprint density at radius 2 is 2.00 bits per heavy atom. The van der Waals surface area contributed by atoms with E-state index < -0.39 is 0 Å². The van der Waals surface area contributed by atoms with E-state index in [9.17, 15) is 5.11 Å². The van der Waals surface area contributed by atoms with Crippen molar-refractivity contribution in [3.05, 3.63) is 53.1 Å². The molecule has 0 spiro atoms. The molecule has 0 amide bonds. The number of anilines is 1. The van der Waals surface area contributed by atoms with E-state index in [1.165, 1.54) is 12.7 Å². The van der Waals surface area contributed by atoms with E-state index in [0.717, 1.165) is 16.8 Å². The molecule has 0 bridgehead atoms. The van der Waals surface area contributed by atoms with Crippen LogP contribution in [-0.4, -0.2) is 23.5 Å². The quantitative estimate of drug-likeness (QED) is 0.456. The van der Waals surface area contributed by atoms with Gasteiger partial charge in [-0.25, -0.2) is 0 Å². The highest BCUT2D eigenvalue weighted by Gasteiger charge is 2.02. The Hall–Kier alpha value is -2.60. The monoisotopic (exact) mass is 329 g/mol. The molecule has 2 aromatic carbocycles. The molecule has 2 aromatic rings. The molecule has 0 radical (unpaired) electrons. The zero-order valence-corrected chi connectivity index (χ0v) is 14.1. The summed E-state index contributed by atoms with van der Waals surface area (Å²) in [5.74, 6) is 0.481. The molecule has 3 N–H and O–H groups in total. The highest BCUT2D eigenvalue weighted by atomic mass is 32.1. The van der Waals surface area contributed by atoms with Crippen LogP contribution in [0.5, 0.6) is 11.5 Å². The van der Waals surface area contributed by atoms with Crippen molar-refractivity contribution in [2.45, 2.75) is 13.8 Å². The zero-order chi connectivity index (χ0) is 16.8. The Morgan fingerprint density at radius 1 is 1.22 bits per heavy atom. The van der Waals surface area contributed by atoms with Gasteiger partial charge in [-0.1, -0.05) is 17.7 Å². The molecule has 0 aliphatic heterocycles. The molecular weight excluding hydrogens is 310 g/mol. The molecule has 0 saturated carbocycles. The zero-order valence-electron chi connectivity index (χ0n) is 13.3. The Labute approximate surface area is 141 Å². The Morgan fingerprint density at radius 3 is 2.65 bits per heavy atom. The number of phenols is 1. The van der Waals surface area contributed by atoms with Crippen LogP contribution in [0.4, 0.5) is 5.69 Å². The molecule has 23 heavy (non-hydrogen) atoms. The number of aromatic hydroxyl groups is 1. The summed E-state index contributed by atoms with van der Waals surface area (Å²) in [7, 11) is 1.50. The molecule has 0 saturated heterocycles. The predicted octanol–water partition coefficient (Wildman–Crippen LogP) is 3.34. The van der Waals surface area contributed by atoms with Gasteiger partial charge >= 0.3 is 0 Å². The highest BCUT2D eigenvalue weighted by molar-refractivity contribution is 7.80. The Balaban J connectivity index is 1.94. The molecule has 0 unspecified atom stereocenters. The smallest absolute Gasteiger partial charge is 0.191 e. The average molecular weight is 329 g/mol. The molecule has 2 rings (SSSR count). The van der Waals surface area contributed by atoms with Crippen molar-refractivity contribution in [2.24, 2.45) is 5.10 Å². The molecule has 0 aliphatic rings. The molecule has 6 heteroatoms. The third-order valence-corrected chi connectivity index (χ3v) is 3.41. The number of nitrogens with zero attached hydrogens (tertiary/aromatic N) is 1. The van der Waals surface area contributed by atoms with Crippen LogP contribution in [-0.2, 0) is 0 Å². The van der Waals surface area contributed by atoms with Gasteiger partial charge in [0.05, 0.1) is 13.3 Å². The third kappa shape index (κ3) is 4.69. The number of hydrazone groups is 1. The lowest BCUT2D eigenvalue weighted by Crippen LogP contribution is -2.24. The lowest BCUT2D eigenvalue weighted by Gasteiger charge is -2.10. The molecule has 0 fully saturated rings. The number of nitrogens with one attached hydrogen (secondary N) is 2. The van der Waals surface area contributed by atoms with Crippen LogP contribution in [0.25, 0.3) is 0 Å². The molecule has 0 heterocycles. The minimum atomic E-state index is 0.0624. The molecular formula is C17H19N3O2S. The van der Waals surface area contributed by atoms with E-state index >= 15 is 0 Å². The Bertz CT molecular complexity index is 745. The standard InChI is InChI=1S/C17H19N3O2S/c1-11-4-6-14(12(2)8-11)19-17(23)20-18-10-13-5-7-16(22-3)15(21)9-13/h4-10,21H,1-3H3,(H2,19,20,23)/b18-10-. The van der Waals surface area contributed by atoms with Crippen molar-refractivity contribution in [1.82, 2.24) is 5.43 Å². The van der Waals surface area contributed by atoms with Gasteiger partial charge in [0.25, 0.3) is 0 Å². The van der Waals surface area contributed by atoms with Gasteiger partial charge in [-0.15, -0.1) is 0 Å². The van der Waals surface area contributed by atoms with Gasteiger partial charge in [0.1, 0.15) is 0 Å². The Kier molecular flexibility index (Phi) is 5.54. The first-order chi connectivity index (χ1) is 11.0. The maximum atomic E-state index is 9.70. The molecule has 0 atom stereocenters. The molecule has 0 aliphatic carbocycles. The van der Waals surface area contributed by atoms with E-state index in [1.54, 1.807) is 24.4 Å². The van der Waals surface area contributed by atoms with Crippen molar-refractivity contribution >= 4 is 29.2 Å². The van der Waals surface area contributed by atoms with E-state index in [2.05, 4.69) is 21.9 Å². The van der Waals surface area contributed by atoms with Gasteiger partial charge in [0.15, 0.2) is 16.6 Å². The van der Waals surface area contributed by atoms with E-state index in [4.69, 9.17) is 17.0 Å². The minimum absolute atomic E-state index is 0.0624. The fourth-order valence-electron chi connectivity index (χ4n) is 2.06. The lowest BCUT2D eigenvalue weighted by molar-refractivity contribution is 0.373. The van der Waals surface area contributed by atoms with E-state index in [1.807, 2.05) is 26.0 Å². The summed E-state index contributed by atoms with van der Waals surface area (Å²) in [6, 6.07) is 11.1. The first-order valence-electron chi connectivity index (χ1n) is 7.04. The first kappa shape index (κ1) is 16.8. The third-order valence-electron chi connectivity index (χ3n) is 3.21. The van der Waals surface area contributed by atoms with Crippen LogP contribution >= 0.6 is 12.2 Å². The second kappa shape index (κ2) is 7.60. The number of hydrogen-bond donors (Lipinski definition) is 3. The molecule has 0 aromatic heterocycles. The summed E-state index contributed by atoms with van der Waals surface area (Å²) in [6.45, 7) is 4.06. The van der Waals surface area contributed by atoms with Crippen molar-refractivity contribution < 1.29 is 9.84 Å². The first-order valence-corrected chi connectivity index (χ1v) is 7.44. The van der Waals surface area contributed by atoms with Gasteiger partial charge in [-0.3, -0.25) is 5.43 Å². The van der Waals surface area contributed by atoms with Gasteiger partial charge in [0, 0.05) is 5.69 Å². The fourth-order valence-corrected chi connectivity index (χ4v) is 2.22. The van der Waals surface area contributed by atoms with Crippen LogP contribution in [0.3, 0.4) is 0 Å². The number of phenolic OH excluding ortho intramolecular Hbond substituents is 1. The summed E-state index contributed by atoms with van der Waals surface area (Å²) in [5, 5.41) is 17.2. The second-order valence-corrected chi connectivity index (χ2v) is 5.48. The van der Waals surface area contributed by atoms with E-state index in [-0.39, 0.29) is 5.75 Å². The summed E-state index contributed by atoms with van der Waals surface area (Å²) in [6.07, 6.45) is 1.56. The van der Waals surface area contributed by atoms with Gasteiger partial charge in [0.2, 0.25) is 0 Å². The number of ether oxygens (including phenoxy) is 1. The summed E-state index contributed by atoms with van der Waals surface area (Å²) < 4.78 is 4.99. The summed E-state index contributed by atoms with van der Waals surface area (Å²) in [4.78, 5) is 0. The van der Waals surface area contributed by atoms with Crippen molar-refractivity contribution in [3.8, 4) is 11.5 Å². The number of hydrogen-bond acceptors (Lipinski definition) is 4. The van der Waals surface area contributed by atoms with Gasteiger partial charge in [-0.2, -0.15) is 5.10 Å². The maximum absolute atomic E-state index is 9.70. The number of thiocarbonyl (C=S) groups is 1. The minimum Gasteiger partial charge on any atom is -0.504 e. The van der Waals surface area contributed by atoms with Crippen molar-refractivity contribution in [2.75, 3.05) is 12.4 Å². The largest absolute Gasteiger partial charge is 0.504 e. The van der Waals surface area contributed by atoms with Gasteiger partial charge < -0.3 is 15.2 Å². The topological polar surface area (TPSA) is 65.9 Å². The second-order valence-electron chi connectivity index (χ2n) is 5.07. The van der Waals surface area contributed by atoms with Crippen LogP contribution < -0.4 is 15.5 Å². The van der Waals surface area contributed by atoms with Crippen molar-refractivity contribution in [3.63, 3.8) is 0 Å². The van der Waals surface area contributed by atoms with Gasteiger partial charge in [-0.05, 0) is 61.5 Å². The van der Waals surface area contributed by atoms with Crippen LogP contribution in [0, 0.1) is 13.8 Å². The SMILES string of the molecule is COc1ccc(/C=N\NC(=S)Nc2ccc(C)cc2C)cc1O. The van der Waals surface area contributed by atoms with Crippen LogP contribution in [0.2, 0.25) is 0 Å². The number of aryl methyl sites for hydroxylation is 2. The van der Waals surface area contributed by atoms with E-state index in [0.29, 0.717) is 10.9 Å². The maximum Gasteiger partial charge on any atom is 0.191 e. The number of benzene rings is 2. The van der Waals surface area contributed by atoms with Crippen LogP contribution in [0.15, 0.2) is 41.5 Å². The van der Waals surface area contributed by atoms with Crippen LogP contribution in [0.1, 0.15) is 16.7 Å². The number of rotatable bonds is 4. The highest BCUT2D eigenvalue weighted by Crippen LogP contribution is 2.25. The predicted molar refractivity (Wildman–Crippen MR) is 97.5 cm³/mol. The fraction of sp³-hybridized carbons (Fsp3) is 0.176. The lowest BCUT2D eigenvalue weighted by atomic mass is 10.1.